The van der Waals surface area contributed by atoms with Crippen LogP contribution in [0.3, 0.4) is 0 Å². The molecule has 3 aromatic rings. The largest absolute Gasteiger partial charge is 0.472 e. The van der Waals surface area contributed by atoms with Crippen molar-refractivity contribution in [2.24, 2.45) is 0 Å². The van der Waals surface area contributed by atoms with Crippen LogP contribution >= 0.6 is 11.3 Å². The standard InChI is InChI=1S/C17H16N2O3S/c20-8-6-14(12-4-2-1-3-5-12)18-16(21)15-11-23-17(19-15)13-7-9-22-10-13/h1-5,7,9-11,14,20H,6,8H2,(H,18,21). The lowest BCUT2D eigenvalue weighted by Gasteiger charge is -2.17. The van der Waals surface area contributed by atoms with E-state index in [1.165, 1.54) is 11.3 Å². The third-order valence-corrected chi connectivity index (χ3v) is 4.32. The highest BCUT2D eigenvalue weighted by Crippen LogP contribution is 2.24. The van der Waals surface area contributed by atoms with Crippen molar-refractivity contribution in [1.29, 1.82) is 0 Å². The zero-order valence-corrected chi connectivity index (χ0v) is 13.1. The number of hydrogen-bond donors (Lipinski definition) is 2. The van der Waals surface area contributed by atoms with E-state index >= 15 is 0 Å². The molecule has 0 aliphatic rings. The molecule has 1 unspecified atom stereocenters. The van der Waals surface area contributed by atoms with Gasteiger partial charge in [-0.3, -0.25) is 4.79 Å². The highest BCUT2D eigenvalue weighted by atomic mass is 32.1. The Hall–Kier alpha value is -2.44. The monoisotopic (exact) mass is 328 g/mol. The summed E-state index contributed by atoms with van der Waals surface area (Å²) in [6.45, 7) is -0.00280. The molecule has 0 radical (unpaired) electrons. The Morgan fingerprint density at radius 2 is 2.13 bits per heavy atom. The lowest BCUT2D eigenvalue weighted by Crippen LogP contribution is -2.29. The van der Waals surface area contributed by atoms with E-state index in [0.29, 0.717) is 12.1 Å². The number of aromatic nitrogens is 1. The van der Waals surface area contributed by atoms with E-state index in [2.05, 4.69) is 10.3 Å². The first kappa shape index (κ1) is 15.5. The van der Waals surface area contributed by atoms with E-state index in [1.807, 2.05) is 30.3 Å². The average molecular weight is 328 g/mol. The maximum Gasteiger partial charge on any atom is 0.271 e. The summed E-state index contributed by atoms with van der Waals surface area (Å²) >= 11 is 1.39. The molecular formula is C17H16N2O3S. The van der Waals surface area contributed by atoms with Crippen LogP contribution in [-0.2, 0) is 0 Å². The summed E-state index contributed by atoms with van der Waals surface area (Å²) in [6.07, 6.45) is 3.62. The van der Waals surface area contributed by atoms with Crippen LogP contribution in [-0.4, -0.2) is 22.6 Å². The Labute approximate surface area is 137 Å². The molecule has 5 nitrogen and oxygen atoms in total. The number of amides is 1. The number of benzene rings is 1. The maximum atomic E-state index is 12.4. The minimum absolute atomic E-state index is 0.00280. The quantitative estimate of drug-likeness (QED) is 0.728. The van der Waals surface area contributed by atoms with E-state index < -0.39 is 0 Å². The fourth-order valence-corrected chi connectivity index (χ4v) is 3.05. The first-order valence-electron chi connectivity index (χ1n) is 7.22. The number of hydrogen-bond acceptors (Lipinski definition) is 5. The SMILES string of the molecule is O=C(NC(CCO)c1ccccc1)c1csc(-c2ccoc2)n1. The summed E-state index contributed by atoms with van der Waals surface area (Å²) in [5.41, 5.74) is 2.18. The second-order valence-corrected chi connectivity index (χ2v) is 5.86. The molecule has 0 fully saturated rings. The molecule has 0 bridgehead atoms. The van der Waals surface area contributed by atoms with Crippen LogP contribution in [0.25, 0.3) is 10.6 Å². The average Bonchev–Trinajstić information content (AvgIpc) is 3.26. The summed E-state index contributed by atoms with van der Waals surface area (Å²) < 4.78 is 5.03. The fourth-order valence-electron chi connectivity index (χ4n) is 2.27. The van der Waals surface area contributed by atoms with Crippen LogP contribution < -0.4 is 5.32 Å². The van der Waals surface area contributed by atoms with Gasteiger partial charge in [0.2, 0.25) is 0 Å². The van der Waals surface area contributed by atoms with E-state index in [4.69, 9.17) is 4.42 Å². The predicted molar refractivity (Wildman–Crippen MR) is 88.2 cm³/mol. The van der Waals surface area contributed by atoms with Gasteiger partial charge >= 0.3 is 0 Å². The summed E-state index contributed by atoms with van der Waals surface area (Å²) in [5.74, 6) is -0.252. The van der Waals surface area contributed by atoms with Crippen molar-refractivity contribution in [2.75, 3.05) is 6.61 Å². The van der Waals surface area contributed by atoms with Crippen molar-refractivity contribution in [3.05, 3.63) is 65.6 Å². The normalized spacial score (nSPS) is 12.0. The number of thiazole rings is 1. The highest BCUT2D eigenvalue weighted by Gasteiger charge is 2.18. The number of aliphatic hydroxyl groups excluding tert-OH is 1. The van der Waals surface area contributed by atoms with Crippen LogP contribution in [0.5, 0.6) is 0 Å². The van der Waals surface area contributed by atoms with Gasteiger partial charge in [-0.25, -0.2) is 4.98 Å². The number of carbonyl (C=O) groups is 1. The first-order chi connectivity index (χ1) is 11.3. The van der Waals surface area contributed by atoms with E-state index in [9.17, 15) is 9.90 Å². The summed E-state index contributed by atoms with van der Waals surface area (Å²) in [6, 6.07) is 11.2. The lowest BCUT2D eigenvalue weighted by atomic mass is 10.0. The molecule has 2 heterocycles. The number of aliphatic hydroxyl groups is 1. The second kappa shape index (κ2) is 7.21. The molecule has 0 spiro atoms. The van der Waals surface area contributed by atoms with Crippen molar-refractivity contribution >= 4 is 17.2 Å². The van der Waals surface area contributed by atoms with Gasteiger partial charge in [0.1, 0.15) is 17.0 Å². The van der Waals surface area contributed by atoms with Crippen LogP contribution in [0, 0.1) is 0 Å². The summed E-state index contributed by atoms with van der Waals surface area (Å²) in [7, 11) is 0. The third kappa shape index (κ3) is 3.67. The van der Waals surface area contributed by atoms with Crippen LogP contribution in [0.15, 0.2) is 58.7 Å². The van der Waals surface area contributed by atoms with Crippen molar-refractivity contribution in [1.82, 2.24) is 10.3 Å². The minimum atomic E-state index is -0.252. The number of furan rings is 1. The van der Waals surface area contributed by atoms with Gasteiger partial charge in [0.05, 0.1) is 12.3 Å². The van der Waals surface area contributed by atoms with E-state index in [-0.39, 0.29) is 18.6 Å². The molecule has 2 N–H and O–H groups in total. The van der Waals surface area contributed by atoms with Gasteiger partial charge in [0.25, 0.3) is 5.91 Å². The summed E-state index contributed by atoms with van der Waals surface area (Å²) in [4.78, 5) is 16.8. The third-order valence-electron chi connectivity index (χ3n) is 3.43. The van der Waals surface area contributed by atoms with Gasteiger partial charge < -0.3 is 14.8 Å². The van der Waals surface area contributed by atoms with Crippen molar-refractivity contribution in [2.45, 2.75) is 12.5 Å². The lowest BCUT2D eigenvalue weighted by molar-refractivity contribution is 0.0925. The molecule has 0 saturated carbocycles. The molecule has 2 aromatic heterocycles. The highest BCUT2D eigenvalue weighted by molar-refractivity contribution is 7.13. The zero-order valence-electron chi connectivity index (χ0n) is 12.3. The molecule has 118 valence electrons. The smallest absolute Gasteiger partial charge is 0.271 e. The van der Waals surface area contributed by atoms with Gasteiger partial charge in [-0.2, -0.15) is 0 Å². The molecule has 23 heavy (non-hydrogen) atoms. The van der Waals surface area contributed by atoms with Gasteiger partial charge in [-0.15, -0.1) is 11.3 Å². The molecule has 6 heteroatoms. The number of nitrogens with one attached hydrogen (secondary N) is 1. The van der Waals surface area contributed by atoms with Crippen molar-refractivity contribution < 1.29 is 14.3 Å². The van der Waals surface area contributed by atoms with Gasteiger partial charge in [0, 0.05) is 17.6 Å². The van der Waals surface area contributed by atoms with Crippen molar-refractivity contribution in [3.8, 4) is 10.6 Å². The first-order valence-corrected chi connectivity index (χ1v) is 8.10. The Morgan fingerprint density at radius 3 is 2.83 bits per heavy atom. The van der Waals surface area contributed by atoms with Gasteiger partial charge in [0.15, 0.2) is 0 Å². The molecule has 0 aliphatic carbocycles. The van der Waals surface area contributed by atoms with Gasteiger partial charge in [-0.1, -0.05) is 30.3 Å². The number of carbonyl (C=O) groups excluding carboxylic acids is 1. The Kier molecular flexibility index (Phi) is 4.85. The molecule has 3 rings (SSSR count). The topological polar surface area (TPSA) is 75.4 Å². The molecule has 1 aromatic carbocycles. The van der Waals surface area contributed by atoms with Crippen LogP contribution in [0.4, 0.5) is 0 Å². The van der Waals surface area contributed by atoms with Crippen molar-refractivity contribution in [3.63, 3.8) is 0 Å². The van der Waals surface area contributed by atoms with Crippen LogP contribution in [0.1, 0.15) is 28.5 Å². The number of rotatable bonds is 6. The minimum Gasteiger partial charge on any atom is -0.472 e. The molecule has 1 amide bonds. The molecular weight excluding hydrogens is 312 g/mol. The molecule has 0 aliphatic heterocycles. The Morgan fingerprint density at radius 1 is 1.30 bits per heavy atom. The maximum absolute atomic E-state index is 12.4. The second-order valence-electron chi connectivity index (χ2n) is 5.00. The predicted octanol–water partition coefficient (Wildman–Crippen LogP) is 3.26. The summed E-state index contributed by atoms with van der Waals surface area (Å²) in [5, 5.41) is 14.6. The molecule has 1 atom stereocenters. The molecule has 0 saturated heterocycles. The number of nitrogens with zero attached hydrogens (tertiary/aromatic N) is 1. The van der Waals surface area contributed by atoms with E-state index in [0.717, 1.165) is 16.1 Å². The van der Waals surface area contributed by atoms with E-state index in [1.54, 1.807) is 24.0 Å². The zero-order chi connectivity index (χ0) is 16.1. The Balaban J connectivity index is 1.74. The van der Waals surface area contributed by atoms with Crippen LogP contribution in [0.2, 0.25) is 0 Å². The fraction of sp³-hybridized carbons (Fsp3) is 0.176. The Bertz CT molecular complexity index is 753. The van der Waals surface area contributed by atoms with Gasteiger partial charge in [-0.05, 0) is 18.1 Å².